The van der Waals surface area contributed by atoms with E-state index in [1.54, 1.807) is 0 Å². The lowest BCUT2D eigenvalue weighted by atomic mass is 10.2. The molecule has 0 aliphatic heterocycles. The van der Waals surface area contributed by atoms with Gasteiger partial charge in [-0.05, 0) is 5.56 Å². The van der Waals surface area contributed by atoms with Crippen LogP contribution in [0, 0.1) is 0 Å². The first-order chi connectivity index (χ1) is 3.93. The van der Waals surface area contributed by atoms with Gasteiger partial charge in [-0.15, -0.1) is 11.6 Å². The number of alkyl halides is 1. The molecule has 0 saturated heterocycles. The van der Waals surface area contributed by atoms with Gasteiger partial charge in [-0.3, -0.25) is 0 Å². The van der Waals surface area contributed by atoms with Crippen molar-refractivity contribution >= 4 is 20.0 Å². The monoisotopic (exact) mass is 137 g/mol. The van der Waals surface area contributed by atoms with Gasteiger partial charge in [0.15, 0.2) is 0 Å². The normalized spacial score (nSPS) is 8.11. The van der Waals surface area contributed by atoms with Gasteiger partial charge in [0.05, 0.1) is 0 Å². The molecular formula is C7H7BCl. The van der Waals surface area contributed by atoms with Crippen LogP contribution in [0.3, 0.4) is 0 Å². The fourth-order valence-corrected chi connectivity index (χ4v) is 0.745. The second kappa shape index (κ2) is 4.45. The van der Waals surface area contributed by atoms with Crippen LogP contribution >= 0.6 is 11.6 Å². The Morgan fingerprint density at radius 3 is 2.00 bits per heavy atom. The predicted octanol–water partition coefficient (Wildman–Crippen LogP) is 2.04. The smallest absolute Gasteiger partial charge is 0.0474 e. The average molecular weight is 137 g/mol. The standard InChI is InChI=1S/C7H7Cl.B/c8-6-7-4-2-1-3-5-7;/h1-5H,6H2;. The minimum absolute atomic E-state index is 0. The lowest BCUT2D eigenvalue weighted by Crippen LogP contribution is -1.71. The highest BCUT2D eigenvalue weighted by molar-refractivity contribution is 6.17. The van der Waals surface area contributed by atoms with E-state index in [1.807, 2.05) is 30.3 Å². The van der Waals surface area contributed by atoms with Gasteiger partial charge in [0.25, 0.3) is 0 Å². The molecule has 0 fully saturated rings. The predicted molar refractivity (Wildman–Crippen MR) is 41.8 cm³/mol. The summed E-state index contributed by atoms with van der Waals surface area (Å²) in [5, 5.41) is 0. The zero-order valence-electron chi connectivity index (χ0n) is 5.05. The highest BCUT2D eigenvalue weighted by Gasteiger charge is 1.81. The summed E-state index contributed by atoms with van der Waals surface area (Å²) in [6.45, 7) is 0. The fraction of sp³-hybridized carbons (Fsp3) is 0.143. The van der Waals surface area contributed by atoms with Crippen molar-refractivity contribution in [3.63, 3.8) is 0 Å². The molecule has 1 aromatic rings. The van der Waals surface area contributed by atoms with Gasteiger partial charge in [-0.25, -0.2) is 0 Å². The first-order valence-corrected chi connectivity index (χ1v) is 3.07. The molecule has 0 unspecified atom stereocenters. The van der Waals surface area contributed by atoms with Crippen LogP contribution in [0.15, 0.2) is 30.3 Å². The van der Waals surface area contributed by atoms with E-state index in [0.29, 0.717) is 5.88 Å². The second-order valence-corrected chi connectivity index (χ2v) is 1.89. The topological polar surface area (TPSA) is 0 Å². The molecule has 0 bridgehead atoms. The third-order valence-electron chi connectivity index (χ3n) is 0.997. The SMILES string of the molecule is ClCc1ccccc1.[B]. The van der Waals surface area contributed by atoms with Crippen LogP contribution in [0.2, 0.25) is 0 Å². The summed E-state index contributed by atoms with van der Waals surface area (Å²) in [4.78, 5) is 0. The van der Waals surface area contributed by atoms with Gasteiger partial charge >= 0.3 is 0 Å². The zero-order valence-corrected chi connectivity index (χ0v) is 5.81. The maximum absolute atomic E-state index is 5.53. The third kappa shape index (κ3) is 2.57. The number of rotatable bonds is 1. The Hall–Kier alpha value is -0.425. The molecule has 1 aromatic carbocycles. The molecule has 45 valence electrons. The molecule has 0 atom stereocenters. The van der Waals surface area contributed by atoms with Crippen molar-refractivity contribution in [1.29, 1.82) is 0 Å². The van der Waals surface area contributed by atoms with Gasteiger partial charge in [0, 0.05) is 14.3 Å². The molecule has 1 rings (SSSR count). The first-order valence-electron chi connectivity index (χ1n) is 2.53. The van der Waals surface area contributed by atoms with Gasteiger partial charge in [0.1, 0.15) is 0 Å². The Morgan fingerprint density at radius 2 is 1.67 bits per heavy atom. The zero-order chi connectivity index (χ0) is 5.82. The van der Waals surface area contributed by atoms with Crippen molar-refractivity contribution in [2.75, 3.05) is 0 Å². The maximum Gasteiger partial charge on any atom is 0.0474 e. The van der Waals surface area contributed by atoms with Crippen LogP contribution in [-0.4, -0.2) is 8.41 Å². The van der Waals surface area contributed by atoms with Crippen molar-refractivity contribution in [3.05, 3.63) is 35.9 Å². The molecule has 0 aliphatic carbocycles. The summed E-state index contributed by atoms with van der Waals surface area (Å²) in [6.07, 6.45) is 0. The van der Waals surface area contributed by atoms with Crippen molar-refractivity contribution in [3.8, 4) is 0 Å². The van der Waals surface area contributed by atoms with Crippen LogP contribution in [0.1, 0.15) is 5.56 Å². The molecule has 0 nitrogen and oxygen atoms in total. The molecule has 0 aliphatic rings. The summed E-state index contributed by atoms with van der Waals surface area (Å²) in [5.41, 5.74) is 1.18. The Morgan fingerprint density at radius 1 is 1.11 bits per heavy atom. The van der Waals surface area contributed by atoms with E-state index in [4.69, 9.17) is 11.6 Å². The molecular weight excluding hydrogens is 130 g/mol. The highest BCUT2D eigenvalue weighted by atomic mass is 35.5. The van der Waals surface area contributed by atoms with Crippen molar-refractivity contribution in [2.45, 2.75) is 5.88 Å². The summed E-state index contributed by atoms with van der Waals surface area (Å²) < 4.78 is 0. The van der Waals surface area contributed by atoms with Crippen molar-refractivity contribution < 1.29 is 0 Å². The highest BCUT2D eigenvalue weighted by Crippen LogP contribution is 2.00. The lowest BCUT2D eigenvalue weighted by Gasteiger charge is -1.88. The van der Waals surface area contributed by atoms with Gasteiger partial charge in [-0.2, -0.15) is 0 Å². The summed E-state index contributed by atoms with van der Waals surface area (Å²) in [5.74, 6) is 0.612. The Bertz CT molecular complexity index is 150. The molecule has 3 radical (unpaired) electrons. The van der Waals surface area contributed by atoms with Crippen LogP contribution < -0.4 is 0 Å². The van der Waals surface area contributed by atoms with E-state index in [1.165, 1.54) is 5.56 Å². The fourth-order valence-electron chi connectivity index (χ4n) is 0.567. The molecule has 2 heteroatoms. The maximum atomic E-state index is 5.53. The number of hydrogen-bond acceptors (Lipinski definition) is 0. The van der Waals surface area contributed by atoms with E-state index in [2.05, 4.69) is 0 Å². The number of hydrogen-bond donors (Lipinski definition) is 0. The third-order valence-corrected chi connectivity index (χ3v) is 1.31. The molecule has 0 aromatic heterocycles. The van der Waals surface area contributed by atoms with Crippen molar-refractivity contribution in [2.24, 2.45) is 0 Å². The minimum atomic E-state index is 0. The molecule has 9 heavy (non-hydrogen) atoms. The van der Waals surface area contributed by atoms with Gasteiger partial charge in [0.2, 0.25) is 0 Å². The molecule has 0 heterocycles. The average Bonchev–Trinajstić information content (AvgIpc) is 1.90. The van der Waals surface area contributed by atoms with Gasteiger partial charge < -0.3 is 0 Å². The number of halogens is 1. The Kier molecular flexibility index (Phi) is 4.24. The Labute approximate surface area is 62.4 Å². The quantitative estimate of drug-likeness (QED) is 0.410. The molecule has 0 saturated carbocycles. The number of benzene rings is 1. The van der Waals surface area contributed by atoms with Crippen LogP contribution in [-0.2, 0) is 5.88 Å². The minimum Gasteiger partial charge on any atom is -0.122 e. The Balaban J connectivity index is 0.000000640. The van der Waals surface area contributed by atoms with Gasteiger partial charge in [-0.1, -0.05) is 30.3 Å². The van der Waals surface area contributed by atoms with E-state index in [9.17, 15) is 0 Å². The molecule has 0 N–H and O–H groups in total. The van der Waals surface area contributed by atoms with E-state index in [0.717, 1.165) is 0 Å². The van der Waals surface area contributed by atoms with Crippen molar-refractivity contribution in [1.82, 2.24) is 0 Å². The van der Waals surface area contributed by atoms with Crippen LogP contribution in [0.5, 0.6) is 0 Å². The first kappa shape index (κ1) is 8.57. The summed E-state index contributed by atoms with van der Waals surface area (Å²) >= 11 is 5.53. The molecule has 0 spiro atoms. The largest absolute Gasteiger partial charge is 0.122 e. The van der Waals surface area contributed by atoms with Crippen LogP contribution in [0.25, 0.3) is 0 Å². The van der Waals surface area contributed by atoms with E-state index in [-0.39, 0.29) is 8.41 Å². The summed E-state index contributed by atoms with van der Waals surface area (Å²) in [6, 6.07) is 9.96. The summed E-state index contributed by atoms with van der Waals surface area (Å²) in [7, 11) is 0. The van der Waals surface area contributed by atoms with E-state index < -0.39 is 0 Å². The second-order valence-electron chi connectivity index (χ2n) is 1.62. The van der Waals surface area contributed by atoms with Crippen LogP contribution in [0.4, 0.5) is 0 Å². The molecule has 0 amide bonds. The lowest BCUT2D eigenvalue weighted by molar-refractivity contribution is 1.41. The van der Waals surface area contributed by atoms with E-state index >= 15 is 0 Å².